The van der Waals surface area contributed by atoms with E-state index in [2.05, 4.69) is 0 Å². The van der Waals surface area contributed by atoms with Gasteiger partial charge in [0, 0.05) is 5.75 Å². The molecule has 0 spiro atoms. The van der Waals surface area contributed by atoms with E-state index in [0.29, 0.717) is 0 Å². The predicted octanol–water partition coefficient (Wildman–Crippen LogP) is 2.30. The monoisotopic (exact) mass is 333 g/mol. The van der Waals surface area contributed by atoms with Crippen LogP contribution in [0.5, 0.6) is 0 Å². The van der Waals surface area contributed by atoms with Crippen molar-refractivity contribution in [1.82, 2.24) is 0 Å². The zero-order chi connectivity index (χ0) is 16.7. The van der Waals surface area contributed by atoms with Crippen molar-refractivity contribution in [3.05, 3.63) is 71.8 Å². The Labute approximate surface area is 135 Å². The van der Waals surface area contributed by atoms with Gasteiger partial charge < -0.3 is 9.29 Å². The van der Waals surface area contributed by atoms with Gasteiger partial charge in [-0.3, -0.25) is 4.79 Å². The SMILES string of the molecule is O=C(OCCCS(=O)(=O)[O-])C(c1ccccc1)c1ccccc1. The van der Waals surface area contributed by atoms with Gasteiger partial charge in [0.1, 0.15) is 5.92 Å². The summed E-state index contributed by atoms with van der Waals surface area (Å²) in [4.78, 5) is 12.4. The summed E-state index contributed by atoms with van der Waals surface area (Å²) >= 11 is 0. The van der Waals surface area contributed by atoms with Gasteiger partial charge in [0.2, 0.25) is 0 Å². The van der Waals surface area contributed by atoms with Crippen molar-refractivity contribution in [2.75, 3.05) is 12.4 Å². The molecule has 0 unspecified atom stereocenters. The molecule has 0 bridgehead atoms. The van der Waals surface area contributed by atoms with Gasteiger partial charge in [0.25, 0.3) is 0 Å². The lowest BCUT2D eigenvalue weighted by atomic mass is 9.91. The summed E-state index contributed by atoms with van der Waals surface area (Å²) in [6.45, 7) is -0.101. The maximum Gasteiger partial charge on any atom is 0.317 e. The number of carbonyl (C=O) groups is 1. The van der Waals surface area contributed by atoms with Gasteiger partial charge in [-0.1, -0.05) is 60.7 Å². The maximum atomic E-state index is 12.4. The van der Waals surface area contributed by atoms with Crippen molar-refractivity contribution < 1.29 is 22.5 Å². The second-order valence-electron chi connectivity index (χ2n) is 5.04. The second-order valence-corrected chi connectivity index (χ2v) is 6.56. The Kier molecular flexibility index (Phi) is 5.90. The summed E-state index contributed by atoms with van der Waals surface area (Å²) < 4.78 is 36.8. The number of hydrogen-bond donors (Lipinski definition) is 0. The minimum atomic E-state index is -4.29. The average molecular weight is 333 g/mol. The minimum Gasteiger partial charge on any atom is -0.748 e. The third-order valence-electron chi connectivity index (χ3n) is 3.28. The number of rotatable bonds is 7. The largest absolute Gasteiger partial charge is 0.748 e. The molecule has 0 N–H and O–H groups in total. The van der Waals surface area contributed by atoms with Crippen molar-refractivity contribution in [3.63, 3.8) is 0 Å². The first-order valence-corrected chi connectivity index (χ1v) is 8.75. The van der Waals surface area contributed by atoms with E-state index in [1.807, 2.05) is 60.7 Å². The Morgan fingerprint density at radius 1 is 0.957 bits per heavy atom. The van der Waals surface area contributed by atoms with Crippen molar-refractivity contribution >= 4 is 16.1 Å². The number of carbonyl (C=O) groups excluding carboxylic acids is 1. The Morgan fingerprint density at radius 3 is 1.87 bits per heavy atom. The van der Waals surface area contributed by atoms with Crippen LogP contribution < -0.4 is 0 Å². The molecule has 0 saturated carbocycles. The lowest BCUT2D eigenvalue weighted by molar-refractivity contribution is -0.144. The van der Waals surface area contributed by atoms with Crippen LogP contribution in [0.4, 0.5) is 0 Å². The maximum absolute atomic E-state index is 12.4. The smallest absolute Gasteiger partial charge is 0.317 e. The molecule has 0 amide bonds. The van der Waals surface area contributed by atoms with Gasteiger partial charge in [-0.2, -0.15) is 0 Å². The molecule has 6 heteroatoms. The zero-order valence-electron chi connectivity index (χ0n) is 12.4. The van der Waals surface area contributed by atoms with E-state index in [0.717, 1.165) is 11.1 Å². The quantitative estimate of drug-likeness (QED) is 0.441. The number of benzene rings is 2. The second kappa shape index (κ2) is 7.89. The highest BCUT2D eigenvalue weighted by Crippen LogP contribution is 2.25. The first kappa shape index (κ1) is 17.2. The topological polar surface area (TPSA) is 83.5 Å². The molecule has 0 aliphatic carbocycles. The predicted molar refractivity (Wildman–Crippen MR) is 84.9 cm³/mol. The Balaban J connectivity index is 2.10. The van der Waals surface area contributed by atoms with Crippen LogP contribution in [0.1, 0.15) is 23.5 Å². The molecule has 23 heavy (non-hydrogen) atoms. The van der Waals surface area contributed by atoms with E-state index in [4.69, 9.17) is 4.74 Å². The lowest BCUT2D eigenvalue weighted by Crippen LogP contribution is -2.19. The van der Waals surface area contributed by atoms with Gasteiger partial charge in [0.05, 0.1) is 16.7 Å². The summed E-state index contributed by atoms with van der Waals surface area (Å²) in [7, 11) is -4.29. The van der Waals surface area contributed by atoms with E-state index in [-0.39, 0.29) is 13.0 Å². The van der Waals surface area contributed by atoms with Crippen LogP contribution in [0.15, 0.2) is 60.7 Å². The zero-order valence-corrected chi connectivity index (χ0v) is 13.2. The van der Waals surface area contributed by atoms with Crippen molar-refractivity contribution in [2.24, 2.45) is 0 Å². The Bertz CT molecular complexity index is 687. The molecule has 0 atom stereocenters. The Hall–Kier alpha value is -2.18. The molecule has 0 saturated heterocycles. The fraction of sp³-hybridized carbons (Fsp3) is 0.235. The van der Waals surface area contributed by atoms with E-state index < -0.39 is 27.8 Å². The highest BCUT2D eigenvalue weighted by molar-refractivity contribution is 7.85. The third-order valence-corrected chi connectivity index (χ3v) is 4.07. The molecular weight excluding hydrogens is 316 g/mol. The molecule has 2 aromatic rings. The first-order valence-electron chi connectivity index (χ1n) is 7.17. The number of hydrogen-bond acceptors (Lipinski definition) is 5. The number of ether oxygens (including phenoxy) is 1. The molecule has 0 aliphatic rings. The van der Waals surface area contributed by atoms with Gasteiger partial charge in [-0.25, -0.2) is 8.42 Å². The van der Waals surface area contributed by atoms with Crippen LogP contribution in [-0.2, 0) is 19.6 Å². The molecule has 0 radical (unpaired) electrons. The lowest BCUT2D eigenvalue weighted by Gasteiger charge is -2.17. The van der Waals surface area contributed by atoms with Crippen LogP contribution in [0.25, 0.3) is 0 Å². The molecule has 0 aromatic heterocycles. The molecule has 2 aromatic carbocycles. The standard InChI is InChI=1S/C17H18O5S/c18-17(22-12-7-13-23(19,20)21)16(14-8-3-1-4-9-14)15-10-5-2-6-11-15/h1-6,8-11,16H,7,12-13H2,(H,19,20,21)/p-1. The normalized spacial score (nSPS) is 11.4. The fourth-order valence-electron chi connectivity index (χ4n) is 2.25. The van der Waals surface area contributed by atoms with E-state index in [1.165, 1.54) is 0 Å². The van der Waals surface area contributed by atoms with Gasteiger partial charge in [0.15, 0.2) is 0 Å². The summed E-state index contributed by atoms with van der Waals surface area (Å²) in [5, 5.41) is 0. The summed E-state index contributed by atoms with van der Waals surface area (Å²) in [5.74, 6) is -1.59. The molecule has 0 fully saturated rings. The molecule has 5 nitrogen and oxygen atoms in total. The number of esters is 1. The molecular formula is C17H17O5S-. The minimum absolute atomic E-state index is 0.00608. The summed E-state index contributed by atoms with van der Waals surface area (Å²) in [6.07, 6.45) is -0.00608. The highest BCUT2D eigenvalue weighted by atomic mass is 32.2. The third kappa shape index (κ3) is 5.50. The van der Waals surface area contributed by atoms with Gasteiger partial charge in [-0.05, 0) is 17.5 Å². The van der Waals surface area contributed by atoms with Crippen LogP contribution >= 0.6 is 0 Å². The van der Waals surface area contributed by atoms with Gasteiger partial charge in [-0.15, -0.1) is 0 Å². The molecule has 2 rings (SSSR count). The average Bonchev–Trinajstić information content (AvgIpc) is 2.53. The summed E-state index contributed by atoms with van der Waals surface area (Å²) in [6, 6.07) is 18.4. The van der Waals surface area contributed by atoms with Crippen LogP contribution in [-0.4, -0.2) is 31.3 Å². The van der Waals surface area contributed by atoms with Crippen molar-refractivity contribution in [1.29, 1.82) is 0 Å². The Morgan fingerprint density at radius 2 is 1.43 bits per heavy atom. The molecule has 122 valence electrons. The highest BCUT2D eigenvalue weighted by Gasteiger charge is 2.23. The van der Waals surface area contributed by atoms with Crippen LogP contribution in [0, 0.1) is 0 Å². The molecule has 0 aliphatic heterocycles. The van der Waals surface area contributed by atoms with E-state index in [9.17, 15) is 17.8 Å². The van der Waals surface area contributed by atoms with E-state index in [1.54, 1.807) is 0 Å². The summed E-state index contributed by atoms with van der Waals surface area (Å²) in [5.41, 5.74) is 1.58. The first-order chi connectivity index (χ1) is 11.0. The van der Waals surface area contributed by atoms with Crippen molar-refractivity contribution in [3.8, 4) is 0 Å². The fourth-order valence-corrected chi connectivity index (χ4v) is 2.72. The van der Waals surface area contributed by atoms with Crippen LogP contribution in [0.3, 0.4) is 0 Å². The van der Waals surface area contributed by atoms with E-state index >= 15 is 0 Å². The van der Waals surface area contributed by atoms with Gasteiger partial charge >= 0.3 is 5.97 Å². The van der Waals surface area contributed by atoms with Crippen LogP contribution in [0.2, 0.25) is 0 Å². The van der Waals surface area contributed by atoms with Crippen molar-refractivity contribution in [2.45, 2.75) is 12.3 Å². The molecule has 0 heterocycles.